The molecule has 0 unspecified atom stereocenters. The number of fused-ring (bicyclic) bond motifs is 1. The van der Waals surface area contributed by atoms with E-state index in [4.69, 9.17) is 0 Å². The van der Waals surface area contributed by atoms with Crippen molar-refractivity contribution >= 4 is 28.3 Å². The standard InChI is InChI=1S/C19H27N3O3S.ClH/c23-19(16-6-8-20-9-7-16)21-10-12-22(13-11-21)26(24,25)18-5-4-15-2-1-3-17(15)14-18;/h4-5,14,16,20H,1-3,6-13H2;1H. The predicted octanol–water partition coefficient (Wildman–Crippen LogP) is 1.43. The zero-order valence-electron chi connectivity index (χ0n) is 15.5. The third-order valence-corrected chi connectivity index (χ3v) is 7.84. The fourth-order valence-corrected chi connectivity index (χ4v) is 5.81. The molecule has 27 heavy (non-hydrogen) atoms. The van der Waals surface area contributed by atoms with E-state index >= 15 is 0 Å². The Morgan fingerprint density at radius 1 is 1.00 bits per heavy atom. The number of aryl methyl sites for hydroxylation is 2. The Hall–Kier alpha value is -1.15. The molecule has 0 radical (unpaired) electrons. The van der Waals surface area contributed by atoms with Crippen LogP contribution in [-0.4, -0.2) is 62.8 Å². The lowest BCUT2D eigenvalue weighted by Gasteiger charge is -2.36. The van der Waals surface area contributed by atoms with Gasteiger partial charge in [0.2, 0.25) is 15.9 Å². The van der Waals surface area contributed by atoms with Gasteiger partial charge in [0.25, 0.3) is 0 Å². The SMILES string of the molecule is Cl.O=C(C1CCNCC1)N1CCN(S(=O)(=O)c2ccc3c(c2)CCC3)CC1. The molecule has 0 spiro atoms. The Labute approximate surface area is 167 Å². The molecule has 6 nitrogen and oxygen atoms in total. The fraction of sp³-hybridized carbons (Fsp3) is 0.632. The lowest BCUT2D eigenvalue weighted by Crippen LogP contribution is -2.52. The van der Waals surface area contributed by atoms with Crippen molar-refractivity contribution in [3.05, 3.63) is 29.3 Å². The van der Waals surface area contributed by atoms with Crippen LogP contribution in [0.5, 0.6) is 0 Å². The first-order chi connectivity index (χ1) is 12.6. The number of nitrogens with zero attached hydrogens (tertiary/aromatic N) is 2. The molecule has 1 aromatic carbocycles. The molecule has 4 rings (SSSR count). The minimum absolute atomic E-state index is 0. The highest BCUT2D eigenvalue weighted by Gasteiger charge is 2.33. The van der Waals surface area contributed by atoms with Gasteiger partial charge in [-0.25, -0.2) is 8.42 Å². The summed E-state index contributed by atoms with van der Waals surface area (Å²) in [5, 5.41) is 3.28. The Kier molecular flexibility index (Phi) is 6.46. The van der Waals surface area contributed by atoms with Gasteiger partial charge in [0.05, 0.1) is 4.90 Å². The summed E-state index contributed by atoms with van der Waals surface area (Å²) in [5.74, 6) is 0.289. The highest BCUT2D eigenvalue weighted by molar-refractivity contribution is 7.89. The van der Waals surface area contributed by atoms with Crippen LogP contribution < -0.4 is 5.32 Å². The van der Waals surface area contributed by atoms with Crippen molar-refractivity contribution in [3.63, 3.8) is 0 Å². The lowest BCUT2D eigenvalue weighted by atomic mass is 9.96. The number of nitrogens with one attached hydrogen (secondary N) is 1. The molecule has 0 bridgehead atoms. The van der Waals surface area contributed by atoms with Crippen LogP contribution in [0.3, 0.4) is 0 Å². The zero-order valence-corrected chi connectivity index (χ0v) is 17.2. The van der Waals surface area contributed by atoms with Gasteiger partial charge in [-0.05, 0) is 68.5 Å². The van der Waals surface area contributed by atoms with E-state index in [0.29, 0.717) is 31.1 Å². The van der Waals surface area contributed by atoms with Crippen molar-refractivity contribution in [2.24, 2.45) is 5.92 Å². The third kappa shape index (κ3) is 4.16. The topological polar surface area (TPSA) is 69.7 Å². The van der Waals surface area contributed by atoms with Gasteiger partial charge in [-0.3, -0.25) is 4.79 Å². The smallest absolute Gasteiger partial charge is 0.243 e. The monoisotopic (exact) mass is 413 g/mol. The normalized spacial score (nSPS) is 21.6. The summed E-state index contributed by atoms with van der Waals surface area (Å²) in [5.41, 5.74) is 2.45. The summed E-state index contributed by atoms with van der Waals surface area (Å²) in [6, 6.07) is 5.56. The highest BCUT2D eigenvalue weighted by Crippen LogP contribution is 2.27. The number of halogens is 1. The Morgan fingerprint density at radius 3 is 2.37 bits per heavy atom. The molecule has 2 fully saturated rings. The molecular formula is C19H28ClN3O3S. The summed E-state index contributed by atoms with van der Waals surface area (Å²) in [6.07, 6.45) is 4.89. The maximum atomic E-state index is 13.0. The van der Waals surface area contributed by atoms with Crippen LogP contribution >= 0.6 is 12.4 Å². The van der Waals surface area contributed by atoms with E-state index in [1.807, 2.05) is 17.0 Å². The van der Waals surface area contributed by atoms with E-state index in [1.54, 1.807) is 6.07 Å². The summed E-state index contributed by atoms with van der Waals surface area (Å²) >= 11 is 0. The largest absolute Gasteiger partial charge is 0.340 e. The number of hydrogen-bond donors (Lipinski definition) is 1. The van der Waals surface area contributed by atoms with Gasteiger partial charge in [0.1, 0.15) is 0 Å². The number of rotatable bonds is 3. The number of sulfonamides is 1. The second kappa shape index (κ2) is 8.47. The molecule has 8 heteroatoms. The second-order valence-electron chi connectivity index (χ2n) is 7.54. The fourth-order valence-electron chi connectivity index (χ4n) is 4.33. The summed E-state index contributed by atoms with van der Waals surface area (Å²) in [4.78, 5) is 14.9. The summed E-state index contributed by atoms with van der Waals surface area (Å²) in [7, 11) is -3.47. The molecule has 0 atom stereocenters. The minimum atomic E-state index is -3.47. The van der Waals surface area contributed by atoms with Crippen LogP contribution in [0.1, 0.15) is 30.4 Å². The average Bonchev–Trinajstić information content (AvgIpc) is 3.16. The highest BCUT2D eigenvalue weighted by atomic mass is 35.5. The van der Waals surface area contributed by atoms with E-state index in [2.05, 4.69) is 5.32 Å². The van der Waals surface area contributed by atoms with Crippen molar-refractivity contribution in [2.45, 2.75) is 37.0 Å². The van der Waals surface area contributed by atoms with E-state index in [0.717, 1.165) is 45.2 Å². The first kappa shape index (κ1) is 20.6. The molecule has 2 heterocycles. The molecule has 150 valence electrons. The van der Waals surface area contributed by atoms with Crippen molar-refractivity contribution < 1.29 is 13.2 Å². The van der Waals surface area contributed by atoms with E-state index in [1.165, 1.54) is 15.4 Å². The van der Waals surface area contributed by atoms with Gasteiger partial charge in [0, 0.05) is 32.1 Å². The van der Waals surface area contributed by atoms with Crippen molar-refractivity contribution in [1.29, 1.82) is 0 Å². The van der Waals surface area contributed by atoms with Gasteiger partial charge in [0.15, 0.2) is 0 Å². The Bertz CT molecular complexity index is 785. The number of benzene rings is 1. The molecule has 1 aromatic rings. The van der Waals surface area contributed by atoms with Gasteiger partial charge >= 0.3 is 0 Å². The number of amides is 1. The molecular weight excluding hydrogens is 386 g/mol. The number of piperazine rings is 1. The first-order valence-corrected chi connectivity index (χ1v) is 11.1. The Morgan fingerprint density at radius 2 is 1.67 bits per heavy atom. The zero-order chi connectivity index (χ0) is 18.1. The molecule has 1 amide bonds. The second-order valence-corrected chi connectivity index (χ2v) is 9.48. The predicted molar refractivity (Wildman–Crippen MR) is 107 cm³/mol. The van der Waals surface area contributed by atoms with Gasteiger partial charge < -0.3 is 10.2 Å². The van der Waals surface area contributed by atoms with E-state index < -0.39 is 10.0 Å². The molecule has 0 aromatic heterocycles. The summed E-state index contributed by atoms with van der Waals surface area (Å²) < 4.78 is 27.5. The molecule has 2 aliphatic heterocycles. The van der Waals surface area contributed by atoms with Gasteiger partial charge in [-0.15, -0.1) is 12.4 Å². The number of carbonyl (C=O) groups is 1. The van der Waals surface area contributed by atoms with Crippen LogP contribution in [0.4, 0.5) is 0 Å². The van der Waals surface area contributed by atoms with E-state index in [-0.39, 0.29) is 24.2 Å². The minimum Gasteiger partial charge on any atom is -0.340 e. The van der Waals surface area contributed by atoms with Crippen LogP contribution in [0.2, 0.25) is 0 Å². The molecule has 2 saturated heterocycles. The lowest BCUT2D eigenvalue weighted by molar-refractivity contribution is -0.137. The maximum Gasteiger partial charge on any atom is 0.243 e. The van der Waals surface area contributed by atoms with Crippen LogP contribution in [-0.2, 0) is 27.7 Å². The van der Waals surface area contributed by atoms with Crippen molar-refractivity contribution in [2.75, 3.05) is 39.3 Å². The number of piperidine rings is 1. The number of hydrogen-bond acceptors (Lipinski definition) is 4. The third-order valence-electron chi connectivity index (χ3n) is 5.95. The summed E-state index contributed by atoms with van der Waals surface area (Å²) in [6.45, 7) is 3.54. The van der Waals surface area contributed by atoms with Crippen molar-refractivity contribution in [3.8, 4) is 0 Å². The molecule has 1 aliphatic carbocycles. The maximum absolute atomic E-state index is 13.0. The van der Waals surface area contributed by atoms with Gasteiger partial charge in [-0.2, -0.15) is 4.31 Å². The quantitative estimate of drug-likeness (QED) is 0.813. The van der Waals surface area contributed by atoms with E-state index in [9.17, 15) is 13.2 Å². The van der Waals surface area contributed by atoms with Crippen LogP contribution in [0.25, 0.3) is 0 Å². The Balaban J connectivity index is 0.00000210. The van der Waals surface area contributed by atoms with Crippen molar-refractivity contribution in [1.82, 2.24) is 14.5 Å². The van der Waals surface area contributed by atoms with Gasteiger partial charge in [-0.1, -0.05) is 6.07 Å². The molecule has 3 aliphatic rings. The average molecular weight is 414 g/mol. The van der Waals surface area contributed by atoms with Crippen LogP contribution in [0, 0.1) is 5.92 Å². The first-order valence-electron chi connectivity index (χ1n) is 9.67. The molecule has 1 N–H and O–H groups in total. The number of carbonyl (C=O) groups excluding carboxylic acids is 1. The molecule has 0 saturated carbocycles. The van der Waals surface area contributed by atoms with Crippen LogP contribution in [0.15, 0.2) is 23.1 Å².